The van der Waals surface area contributed by atoms with Gasteiger partial charge in [-0.2, -0.15) is 0 Å². The number of aliphatic hydroxyl groups is 1. The SMILES string of the molecule is CC(O)CNCCNc1ccc2scnc2c1[N+](=O)[O-]. The van der Waals surface area contributed by atoms with Gasteiger partial charge in [0.2, 0.25) is 0 Å². The number of anilines is 1. The van der Waals surface area contributed by atoms with Crippen LogP contribution in [-0.4, -0.2) is 40.8 Å². The lowest BCUT2D eigenvalue weighted by molar-refractivity contribution is -0.382. The van der Waals surface area contributed by atoms with Crippen molar-refractivity contribution < 1.29 is 10.0 Å². The van der Waals surface area contributed by atoms with Crippen molar-refractivity contribution in [3.63, 3.8) is 0 Å². The highest BCUT2D eigenvalue weighted by molar-refractivity contribution is 7.16. The van der Waals surface area contributed by atoms with Crippen molar-refractivity contribution in [2.24, 2.45) is 0 Å². The van der Waals surface area contributed by atoms with Crippen molar-refractivity contribution in [2.45, 2.75) is 13.0 Å². The molecular formula is C12H16N4O3S. The second-order valence-corrected chi connectivity index (χ2v) is 5.28. The van der Waals surface area contributed by atoms with E-state index in [0.29, 0.717) is 30.8 Å². The van der Waals surface area contributed by atoms with Gasteiger partial charge in [-0.1, -0.05) is 0 Å². The molecule has 1 aromatic heterocycles. The summed E-state index contributed by atoms with van der Waals surface area (Å²) in [5.74, 6) is 0. The molecular weight excluding hydrogens is 280 g/mol. The summed E-state index contributed by atoms with van der Waals surface area (Å²) in [6.45, 7) is 3.33. The quantitative estimate of drug-likeness (QED) is 0.407. The number of aromatic nitrogens is 1. The summed E-state index contributed by atoms with van der Waals surface area (Å²) in [5.41, 5.74) is 2.50. The van der Waals surface area contributed by atoms with Crippen molar-refractivity contribution in [3.8, 4) is 0 Å². The number of hydrogen-bond acceptors (Lipinski definition) is 7. The summed E-state index contributed by atoms with van der Waals surface area (Å²) in [6, 6.07) is 3.53. The Hall–Kier alpha value is -1.77. The van der Waals surface area contributed by atoms with Gasteiger partial charge >= 0.3 is 5.69 Å². The Balaban J connectivity index is 2.05. The van der Waals surface area contributed by atoms with Crippen LogP contribution in [0, 0.1) is 10.1 Å². The van der Waals surface area contributed by atoms with Crippen LogP contribution in [0.3, 0.4) is 0 Å². The van der Waals surface area contributed by atoms with Crippen LogP contribution in [0.25, 0.3) is 10.2 Å². The Labute approximate surface area is 119 Å². The van der Waals surface area contributed by atoms with Crippen molar-refractivity contribution in [1.29, 1.82) is 0 Å². The van der Waals surface area contributed by atoms with Crippen molar-refractivity contribution >= 4 is 32.9 Å². The molecule has 0 amide bonds. The predicted octanol–water partition coefficient (Wildman–Crippen LogP) is 1.59. The van der Waals surface area contributed by atoms with E-state index in [1.807, 2.05) is 6.07 Å². The summed E-state index contributed by atoms with van der Waals surface area (Å²) in [7, 11) is 0. The largest absolute Gasteiger partial charge is 0.392 e. The second kappa shape index (κ2) is 6.60. The van der Waals surface area contributed by atoms with E-state index >= 15 is 0 Å². The van der Waals surface area contributed by atoms with E-state index in [0.717, 1.165) is 4.70 Å². The number of hydrogen-bond donors (Lipinski definition) is 3. The number of nitro groups is 1. The minimum Gasteiger partial charge on any atom is -0.392 e. The van der Waals surface area contributed by atoms with Gasteiger partial charge in [-0.05, 0) is 19.1 Å². The summed E-state index contributed by atoms with van der Waals surface area (Å²) < 4.78 is 0.800. The molecule has 1 atom stereocenters. The molecule has 20 heavy (non-hydrogen) atoms. The maximum absolute atomic E-state index is 11.2. The van der Waals surface area contributed by atoms with Gasteiger partial charge in [0, 0.05) is 19.6 Å². The lowest BCUT2D eigenvalue weighted by atomic mass is 10.2. The molecule has 0 fully saturated rings. The van der Waals surface area contributed by atoms with Crippen molar-refractivity contribution in [3.05, 3.63) is 27.8 Å². The van der Waals surface area contributed by atoms with E-state index in [9.17, 15) is 10.1 Å². The van der Waals surface area contributed by atoms with E-state index < -0.39 is 11.0 Å². The van der Waals surface area contributed by atoms with E-state index in [2.05, 4.69) is 15.6 Å². The lowest BCUT2D eigenvalue weighted by Crippen LogP contribution is -2.29. The van der Waals surface area contributed by atoms with Crippen LogP contribution in [0.4, 0.5) is 11.4 Å². The first-order chi connectivity index (χ1) is 9.59. The smallest absolute Gasteiger partial charge is 0.319 e. The Morgan fingerprint density at radius 3 is 3.00 bits per heavy atom. The van der Waals surface area contributed by atoms with E-state index in [1.54, 1.807) is 18.5 Å². The third-order valence-corrected chi connectivity index (χ3v) is 3.51. The van der Waals surface area contributed by atoms with Crippen LogP contribution < -0.4 is 10.6 Å². The average Bonchev–Trinajstić information content (AvgIpc) is 2.85. The van der Waals surface area contributed by atoms with Crippen molar-refractivity contribution in [2.75, 3.05) is 25.0 Å². The van der Waals surface area contributed by atoms with Crippen LogP contribution >= 0.6 is 11.3 Å². The molecule has 3 N–H and O–H groups in total. The molecule has 0 saturated carbocycles. The van der Waals surface area contributed by atoms with Crippen LogP contribution in [0.5, 0.6) is 0 Å². The molecule has 0 bridgehead atoms. The highest BCUT2D eigenvalue weighted by atomic mass is 32.1. The molecule has 2 aromatic rings. The van der Waals surface area contributed by atoms with Gasteiger partial charge in [-0.15, -0.1) is 11.3 Å². The fourth-order valence-corrected chi connectivity index (χ4v) is 2.52. The van der Waals surface area contributed by atoms with Gasteiger partial charge < -0.3 is 15.7 Å². The zero-order chi connectivity index (χ0) is 14.5. The minimum absolute atomic E-state index is 0.0132. The Kier molecular flexibility index (Phi) is 4.83. The molecule has 108 valence electrons. The van der Waals surface area contributed by atoms with Crippen LogP contribution in [0.2, 0.25) is 0 Å². The van der Waals surface area contributed by atoms with Gasteiger partial charge in [0.15, 0.2) is 5.52 Å². The number of nitrogens with one attached hydrogen (secondary N) is 2. The second-order valence-electron chi connectivity index (χ2n) is 4.40. The predicted molar refractivity (Wildman–Crippen MR) is 79.3 cm³/mol. The maximum atomic E-state index is 11.2. The molecule has 0 radical (unpaired) electrons. The topological polar surface area (TPSA) is 100 Å². The molecule has 8 heteroatoms. The normalized spacial score (nSPS) is 12.5. The number of nitro benzene ring substituents is 1. The van der Waals surface area contributed by atoms with Crippen LogP contribution in [0.1, 0.15) is 6.92 Å². The first-order valence-electron chi connectivity index (χ1n) is 6.23. The average molecular weight is 296 g/mol. The lowest BCUT2D eigenvalue weighted by Gasteiger charge is -2.09. The number of benzene rings is 1. The fraction of sp³-hybridized carbons (Fsp3) is 0.417. The van der Waals surface area contributed by atoms with E-state index in [4.69, 9.17) is 5.11 Å². The number of thiazole rings is 1. The highest BCUT2D eigenvalue weighted by Crippen LogP contribution is 2.34. The molecule has 1 unspecified atom stereocenters. The first-order valence-corrected chi connectivity index (χ1v) is 7.11. The molecule has 7 nitrogen and oxygen atoms in total. The minimum atomic E-state index is -0.409. The van der Waals surface area contributed by atoms with Gasteiger partial charge in [-0.3, -0.25) is 10.1 Å². The summed E-state index contributed by atoms with van der Waals surface area (Å²) in [5, 5.41) is 26.4. The molecule has 2 rings (SSSR count). The Morgan fingerprint density at radius 1 is 1.50 bits per heavy atom. The fourth-order valence-electron chi connectivity index (χ4n) is 1.84. The zero-order valence-electron chi connectivity index (χ0n) is 11.0. The van der Waals surface area contributed by atoms with E-state index in [1.165, 1.54) is 11.3 Å². The molecule has 0 aliphatic carbocycles. The van der Waals surface area contributed by atoms with Crippen molar-refractivity contribution in [1.82, 2.24) is 10.3 Å². The van der Waals surface area contributed by atoms with Gasteiger partial charge in [0.1, 0.15) is 5.69 Å². The molecule has 0 spiro atoms. The van der Waals surface area contributed by atoms with Gasteiger partial charge in [-0.25, -0.2) is 4.98 Å². The maximum Gasteiger partial charge on any atom is 0.319 e. The molecule has 1 heterocycles. The van der Waals surface area contributed by atoms with Gasteiger partial charge in [0.25, 0.3) is 0 Å². The Morgan fingerprint density at radius 2 is 2.30 bits per heavy atom. The first kappa shape index (κ1) is 14.6. The molecule has 0 aliphatic rings. The number of aliphatic hydroxyl groups excluding tert-OH is 1. The van der Waals surface area contributed by atoms with Crippen LogP contribution in [0.15, 0.2) is 17.6 Å². The third-order valence-electron chi connectivity index (χ3n) is 2.72. The molecule has 0 aliphatic heterocycles. The third kappa shape index (κ3) is 3.41. The summed E-state index contributed by atoms with van der Waals surface area (Å²) in [6.07, 6.45) is -0.407. The van der Waals surface area contributed by atoms with E-state index in [-0.39, 0.29) is 5.69 Å². The standard InChI is InChI=1S/C12H16N4O3S/c1-8(17)6-13-4-5-14-9-2-3-10-11(15-7-20-10)12(9)16(18)19/h2-3,7-8,13-14,17H,4-6H2,1H3. The van der Waals surface area contributed by atoms with Crippen LogP contribution in [-0.2, 0) is 0 Å². The molecule has 1 aromatic carbocycles. The summed E-state index contributed by atoms with van der Waals surface area (Å²) >= 11 is 1.38. The van der Waals surface area contributed by atoms with Gasteiger partial charge in [0.05, 0.1) is 21.2 Å². The molecule has 0 saturated heterocycles. The number of rotatable bonds is 7. The number of fused-ring (bicyclic) bond motifs is 1. The zero-order valence-corrected chi connectivity index (χ0v) is 11.8. The monoisotopic (exact) mass is 296 g/mol. The summed E-state index contributed by atoms with van der Waals surface area (Å²) in [4.78, 5) is 14.8. The highest BCUT2D eigenvalue weighted by Gasteiger charge is 2.20. The Bertz CT molecular complexity index is 599. The number of nitrogens with zero attached hydrogens (tertiary/aromatic N) is 2.